The lowest BCUT2D eigenvalue weighted by Crippen LogP contribution is -1.96. The first-order chi connectivity index (χ1) is 7.15. The zero-order chi connectivity index (χ0) is 11.3. The molecule has 0 N–H and O–H groups in total. The summed E-state index contributed by atoms with van der Waals surface area (Å²) in [6, 6.07) is 1.65. The highest BCUT2D eigenvalue weighted by Crippen LogP contribution is 2.12. The highest BCUT2D eigenvalue weighted by molar-refractivity contribution is 6.29. The van der Waals surface area contributed by atoms with Gasteiger partial charge in [0.05, 0.1) is 19.9 Å². The van der Waals surface area contributed by atoms with Gasteiger partial charge in [0.15, 0.2) is 0 Å². The molecular formula is C9H9ClN2O3. The van der Waals surface area contributed by atoms with E-state index in [4.69, 9.17) is 16.3 Å². The van der Waals surface area contributed by atoms with Crippen molar-refractivity contribution in [1.29, 1.82) is 0 Å². The third kappa shape index (κ3) is 3.55. The number of aromatic nitrogens is 2. The van der Waals surface area contributed by atoms with Crippen molar-refractivity contribution in [2.75, 3.05) is 14.2 Å². The number of rotatable bonds is 3. The van der Waals surface area contributed by atoms with Gasteiger partial charge >= 0.3 is 12.0 Å². The molecule has 15 heavy (non-hydrogen) atoms. The zero-order valence-corrected chi connectivity index (χ0v) is 8.99. The van der Waals surface area contributed by atoms with E-state index in [1.165, 1.54) is 32.4 Å². The summed E-state index contributed by atoms with van der Waals surface area (Å²) < 4.78 is 9.24. The van der Waals surface area contributed by atoms with Crippen LogP contribution in [0.4, 0.5) is 0 Å². The van der Waals surface area contributed by atoms with E-state index in [1.54, 1.807) is 0 Å². The number of carbonyl (C=O) groups is 1. The molecule has 5 nitrogen and oxygen atoms in total. The summed E-state index contributed by atoms with van der Waals surface area (Å²) in [6.45, 7) is 0. The smallest absolute Gasteiger partial charge is 0.330 e. The van der Waals surface area contributed by atoms with E-state index in [0.717, 1.165) is 0 Å². The summed E-state index contributed by atoms with van der Waals surface area (Å²) in [4.78, 5) is 18.5. The second-order valence-electron chi connectivity index (χ2n) is 2.46. The largest absolute Gasteiger partial charge is 0.467 e. The first kappa shape index (κ1) is 11.5. The summed E-state index contributed by atoms with van der Waals surface area (Å²) in [7, 11) is 2.72. The maximum atomic E-state index is 10.8. The quantitative estimate of drug-likeness (QED) is 0.444. The van der Waals surface area contributed by atoms with Crippen LogP contribution in [-0.4, -0.2) is 30.2 Å². The minimum Gasteiger partial charge on any atom is -0.467 e. The summed E-state index contributed by atoms with van der Waals surface area (Å²) >= 11 is 5.70. The van der Waals surface area contributed by atoms with Gasteiger partial charge in [-0.15, -0.1) is 0 Å². The first-order valence-electron chi connectivity index (χ1n) is 4.00. The van der Waals surface area contributed by atoms with Crippen LogP contribution in [0.5, 0.6) is 6.01 Å². The summed E-state index contributed by atoms with van der Waals surface area (Å²) in [6.07, 6.45) is 2.69. The Labute approximate surface area is 91.7 Å². The maximum absolute atomic E-state index is 10.8. The highest BCUT2D eigenvalue weighted by Gasteiger charge is 2.01. The second kappa shape index (κ2) is 5.31. The number of esters is 1. The first-order valence-corrected chi connectivity index (χ1v) is 4.38. The fraction of sp³-hybridized carbons (Fsp3) is 0.222. The van der Waals surface area contributed by atoms with Crippen LogP contribution in [0.3, 0.4) is 0 Å². The van der Waals surface area contributed by atoms with Gasteiger partial charge in [-0.3, -0.25) is 0 Å². The molecule has 0 aliphatic rings. The number of halogens is 1. The SMILES string of the molecule is COC(=O)C=Cc1cc(Cl)nc(OC)n1. The van der Waals surface area contributed by atoms with Crippen molar-refractivity contribution in [3.8, 4) is 6.01 Å². The second-order valence-corrected chi connectivity index (χ2v) is 2.85. The minimum absolute atomic E-state index is 0.145. The van der Waals surface area contributed by atoms with Gasteiger partial charge in [-0.05, 0) is 6.08 Å². The molecule has 0 saturated carbocycles. The van der Waals surface area contributed by atoms with Crippen LogP contribution in [-0.2, 0) is 9.53 Å². The van der Waals surface area contributed by atoms with Crippen molar-refractivity contribution >= 4 is 23.6 Å². The number of ether oxygens (including phenoxy) is 2. The van der Waals surface area contributed by atoms with Crippen molar-refractivity contribution < 1.29 is 14.3 Å². The monoisotopic (exact) mass is 228 g/mol. The van der Waals surface area contributed by atoms with Gasteiger partial charge in [0.2, 0.25) is 0 Å². The minimum atomic E-state index is -0.469. The Morgan fingerprint density at radius 2 is 2.20 bits per heavy atom. The lowest BCUT2D eigenvalue weighted by atomic mass is 10.3. The standard InChI is InChI=1S/C9H9ClN2O3/c1-14-8(13)4-3-6-5-7(10)12-9(11-6)15-2/h3-5H,1-2H3. The molecule has 0 aromatic carbocycles. The van der Waals surface area contributed by atoms with E-state index < -0.39 is 5.97 Å². The summed E-state index contributed by atoms with van der Waals surface area (Å²) in [5.41, 5.74) is 0.470. The molecule has 1 heterocycles. The fourth-order valence-electron chi connectivity index (χ4n) is 0.812. The van der Waals surface area contributed by atoms with Crippen LogP contribution >= 0.6 is 11.6 Å². The molecule has 0 spiro atoms. The Hall–Kier alpha value is -1.62. The van der Waals surface area contributed by atoms with E-state index in [2.05, 4.69) is 14.7 Å². The van der Waals surface area contributed by atoms with Gasteiger partial charge in [0.25, 0.3) is 0 Å². The number of carbonyl (C=O) groups excluding carboxylic acids is 1. The van der Waals surface area contributed by atoms with Gasteiger partial charge in [0.1, 0.15) is 5.15 Å². The molecule has 1 aromatic rings. The van der Waals surface area contributed by atoms with Crippen LogP contribution < -0.4 is 4.74 Å². The fourth-order valence-corrected chi connectivity index (χ4v) is 0.996. The lowest BCUT2D eigenvalue weighted by molar-refractivity contribution is -0.134. The van der Waals surface area contributed by atoms with Gasteiger partial charge in [-0.2, -0.15) is 9.97 Å². The topological polar surface area (TPSA) is 61.3 Å². The van der Waals surface area contributed by atoms with Gasteiger partial charge < -0.3 is 9.47 Å². The summed E-state index contributed by atoms with van der Waals surface area (Å²) in [5, 5.41) is 0.242. The van der Waals surface area contributed by atoms with E-state index >= 15 is 0 Å². The molecule has 0 saturated heterocycles. The molecule has 80 valence electrons. The Morgan fingerprint density at radius 1 is 1.47 bits per heavy atom. The average Bonchev–Trinajstić information content (AvgIpc) is 2.25. The Morgan fingerprint density at radius 3 is 2.80 bits per heavy atom. The van der Waals surface area contributed by atoms with Crippen molar-refractivity contribution in [2.24, 2.45) is 0 Å². The van der Waals surface area contributed by atoms with E-state index in [0.29, 0.717) is 5.69 Å². The molecule has 0 bridgehead atoms. The molecule has 0 unspecified atom stereocenters. The third-order valence-electron chi connectivity index (χ3n) is 1.47. The molecule has 0 radical (unpaired) electrons. The number of hydrogen-bond acceptors (Lipinski definition) is 5. The Balaban J connectivity index is 2.90. The molecular weight excluding hydrogens is 220 g/mol. The predicted octanol–water partition coefficient (Wildman–Crippen LogP) is 1.32. The van der Waals surface area contributed by atoms with Crippen LogP contribution in [0.2, 0.25) is 5.15 Å². The van der Waals surface area contributed by atoms with Gasteiger partial charge in [-0.1, -0.05) is 11.6 Å². The van der Waals surface area contributed by atoms with Crippen molar-refractivity contribution in [3.63, 3.8) is 0 Å². The number of methoxy groups -OCH3 is 2. The zero-order valence-electron chi connectivity index (χ0n) is 8.23. The number of hydrogen-bond donors (Lipinski definition) is 0. The molecule has 1 rings (SSSR count). The van der Waals surface area contributed by atoms with Gasteiger partial charge in [-0.25, -0.2) is 4.79 Å². The van der Waals surface area contributed by atoms with Crippen LogP contribution in [0, 0.1) is 0 Å². The van der Waals surface area contributed by atoms with Gasteiger partial charge in [0, 0.05) is 12.1 Å². The summed E-state index contributed by atoms with van der Waals surface area (Å²) in [5.74, 6) is -0.469. The molecule has 1 aromatic heterocycles. The van der Waals surface area contributed by atoms with Crippen molar-refractivity contribution in [3.05, 3.63) is 23.0 Å². The lowest BCUT2D eigenvalue weighted by Gasteiger charge is -1.99. The molecule has 0 atom stereocenters. The molecule has 6 heteroatoms. The number of nitrogens with zero attached hydrogens (tertiary/aromatic N) is 2. The molecule has 0 aliphatic carbocycles. The molecule has 0 aliphatic heterocycles. The molecule has 0 fully saturated rings. The van der Waals surface area contributed by atoms with Crippen molar-refractivity contribution in [2.45, 2.75) is 0 Å². The van der Waals surface area contributed by atoms with E-state index in [1.807, 2.05) is 0 Å². The predicted molar refractivity (Wildman–Crippen MR) is 54.6 cm³/mol. The average molecular weight is 229 g/mol. The van der Waals surface area contributed by atoms with E-state index in [9.17, 15) is 4.79 Å². The highest BCUT2D eigenvalue weighted by atomic mass is 35.5. The normalized spacial score (nSPS) is 10.3. The van der Waals surface area contributed by atoms with Crippen LogP contribution in [0.25, 0.3) is 6.08 Å². The Bertz CT molecular complexity index is 393. The molecule has 0 amide bonds. The Kier molecular flexibility index (Phi) is 4.05. The van der Waals surface area contributed by atoms with Crippen LogP contribution in [0.1, 0.15) is 5.69 Å². The maximum Gasteiger partial charge on any atom is 0.330 e. The third-order valence-corrected chi connectivity index (χ3v) is 1.66. The van der Waals surface area contributed by atoms with Crippen molar-refractivity contribution in [1.82, 2.24) is 9.97 Å². The van der Waals surface area contributed by atoms with E-state index in [-0.39, 0.29) is 11.2 Å². The van der Waals surface area contributed by atoms with Crippen LogP contribution in [0.15, 0.2) is 12.1 Å².